The number of nitrogens with one attached hydrogen (secondary N) is 1. The summed E-state index contributed by atoms with van der Waals surface area (Å²) in [6, 6.07) is 14.8. The van der Waals surface area contributed by atoms with E-state index in [0.717, 1.165) is 11.3 Å². The number of anilines is 1. The van der Waals surface area contributed by atoms with Crippen molar-refractivity contribution in [3.05, 3.63) is 66.0 Å². The predicted octanol–water partition coefficient (Wildman–Crippen LogP) is 2.44. The van der Waals surface area contributed by atoms with Crippen molar-refractivity contribution < 1.29 is 18.7 Å². The van der Waals surface area contributed by atoms with E-state index in [1.54, 1.807) is 17.0 Å². The van der Waals surface area contributed by atoms with Gasteiger partial charge in [-0.25, -0.2) is 14.0 Å². The molecule has 6 nitrogen and oxygen atoms in total. The van der Waals surface area contributed by atoms with E-state index in [4.69, 9.17) is 4.74 Å². The molecule has 0 saturated carbocycles. The molecule has 148 valence electrons. The van der Waals surface area contributed by atoms with Crippen LogP contribution in [0, 0.1) is 5.82 Å². The number of carbonyl (C=O) groups is 2. The first-order valence-electron chi connectivity index (χ1n) is 9.24. The molecule has 28 heavy (non-hydrogen) atoms. The van der Waals surface area contributed by atoms with Crippen molar-refractivity contribution in [2.45, 2.75) is 12.5 Å². The van der Waals surface area contributed by atoms with Gasteiger partial charge in [0.25, 0.3) is 0 Å². The Bertz CT molecular complexity index is 790. The van der Waals surface area contributed by atoms with Crippen LogP contribution in [-0.2, 0) is 16.0 Å². The van der Waals surface area contributed by atoms with Crippen LogP contribution in [0.3, 0.4) is 0 Å². The number of ether oxygens (including phenoxy) is 1. The number of nitrogens with zero attached hydrogens (tertiary/aromatic N) is 2. The lowest BCUT2D eigenvalue weighted by molar-refractivity contribution is -0.142. The predicted molar refractivity (Wildman–Crippen MR) is 105 cm³/mol. The molecular formula is C21H24FN3O3. The smallest absolute Gasteiger partial charge is 0.328 e. The first-order valence-corrected chi connectivity index (χ1v) is 9.24. The van der Waals surface area contributed by atoms with E-state index in [1.165, 1.54) is 19.2 Å². The number of hydrogen-bond acceptors (Lipinski definition) is 4. The zero-order valence-electron chi connectivity index (χ0n) is 15.8. The third-order valence-corrected chi connectivity index (χ3v) is 4.82. The Hall–Kier alpha value is -3.09. The first kappa shape index (κ1) is 19.7. The maximum Gasteiger partial charge on any atom is 0.328 e. The van der Waals surface area contributed by atoms with Gasteiger partial charge in [0.2, 0.25) is 0 Å². The van der Waals surface area contributed by atoms with Crippen molar-refractivity contribution in [1.82, 2.24) is 10.2 Å². The lowest BCUT2D eigenvalue weighted by Gasteiger charge is -2.36. The van der Waals surface area contributed by atoms with Gasteiger partial charge in [-0.2, -0.15) is 0 Å². The minimum Gasteiger partial charge on any atom is -0.467 e. The zero-order valence-corrected chi connectivity index (χ0v) is 15.8. The van der Waals surface area contributed by atoms with Crippen LogP contribution in [0.1, 0.15) is 5.56 Å². The molecule has 0 bridgehead atoms. The summed E-state index contributed by atoms with van der Waals surface area (Å²) in [5.41, 5.74) is 1.87. The molecule has 1 aliphatic heterocycles. The molecule has 0 radical (unpaired) electrons. The van der Waals surface area contributed by atoms with Crippen molar-refractivity contribution in [2.24, 2.45) is 0 Å². The van der Waals surface area contributed by atoms with Gasteiger partial charge in [0.1, 0.15) is 11.9 Å². The average Bonchev–Trinajstić information content (AvgIpc) is 2.74. The highest BCUT2D eigenvalue weighted by molar-refractivity contribution is 5.84. The Morgan fingerprint density at radius 3 is 2.29 bits per heavy atom. The summed E-state index contributed by atoms with van der Waals surface area (Å²) in [4.78, 5) is 28.5. The summed E-state index contributed by atoms with van der Waals surface area (Å²) in [7, 11) is 1.31. The topological polar surface area (TPSA) is 61.9 Å². The van der Waals surface area contributed by atoms with E-state index in [-0.39, 0.29) is 11.8 Å². The van der Waals surface area contributed by atoms with Crippen LogP contribution in [0.4, 0.5) is 14.9 Å². The maximum absolute atomic E-state index is 13.1. The standard InChI is InChI=1S/C21H24FN3O3/c1-28-20(26)19(15-16-5-3-2-4-6-16)23-21(27)25-13-11-24(12-14-25)18-9-7-17(22)8-10-18/h2-10,19H,11-15H2,1H3,(H,23,27)/t19-/m0/s1. The normalized spacial score (nSPS) is 15.1. The van der Waals surface area contributed by atoms with Gasteiger partial charge in [-0.3, -0.25) is 0 Å². The van der Waals surface area contributed by atoms with Crippen molar-refractivity contribution in [3.63, 3.8) is 0 Å². The number of urea groups is 1. The van der Waals surface area contributed by atoms with Crippen LogP contribution in [0.25, 0.3) is 0 Å². The van der Waals surface area contributed by atoms with Gasteiger partial charge in [-0.1, -0.05) is 30.3 Å². The number of esters is 1. The fraction of sp³-hybridized carbons (Fsp3) is 0.333. The van der Waals surface area contributed by atoms with Crippen LogP contribution in [-0.4, -0.2) is 56.2 Å². The Balaban J connectivity index is 1.57. The molecule has 1 saturated heterocycles. The van der Waals surface area contributed by atoms with E-state index in [0.29, 0.717) is 32.6 Å². The highest BCUT2D eigenvalue weighted by Gasteiger charge is 2.27. The van der Waals surface area contributed by atoms with Gasteiger partial charge >= 0.3 is 12.0 Å². The maximum atomic E-state index is 13.1. The zero-order chi connectivity index (χ0) is 19.9. The molecular weight excluding hydrogens is 361 g/mol. The third kappa shape index (κ3) is 5.00. The lowest BCUT2D eigenvalue weighted by atomic mass is 10.1. The second-order valence-electron chi connectivity index (χ2n) is 6.67. The van der Waals surface area contributed by atoms with Gasteiger partial charge in [0.05, 0.1) is 7.11 Å². The number of halogens is 1. The molecule has 7 heteroatoms. The van der Waals surface area contributed by atoms with E-state index in [1.807, 2.05) is 30.3 Å². The molecule has 3 rings (SSSR count). The van der Waals surface area contributed by atoms with Crippen LogP contribution in [0.15, 0.2) is 54.6 Å². The molecule has 0 spiro atoms. The Kier molecular flexibility index (Phi) is 6.47. The molecule has 0 unspecified atom stereocenters. The molecule has 1 aliphatic rings. The first-order chi connectivity index (χ1) is 13.6. The van der Waals surface area contributed by atoms with Crippen molar-refractivity contribution in [1.29, 1.82) is 0 Å². The van der Waals surface area contributed by atoms with Crippen LogP contribution in [0.2, 0.25) is 0 Å². The van der Waals surface area contributed by atoms with Crippen LogP contribution >= 0.6 is 0 Å². The van der Waals surface area contributed by atoms with Crippen molar-refractivity contribution >= 4 is 17.7 Å². The summed E-state index contributed by atoms with van der Waals surface area (Å²) in [5.74, 6) is -0.740. The molecule has 0 aromatic heterocycles. The fourth-order valence-electron chi connectivity index (χ4n) is 3.25. The largest absolute Gasteiger partial charge is 0.467 e. The van der Waals surface area contributed by atoms with Crippen LogP contribution in [0.5, 0.6) is 0 Å². The Morgan fingerprint density at radius 2 is 1.68 bits per heavy atom. The second kappa shape index (κ2) is 9.21. The van der Waals surface area contributed by atoms with Gasteiger partial charge in [0, 0.05) is 38.3 Å². The quantitative estimate of drug-likeness (QED) is 0.803. The average molecular weight is 385 g/mol. The number of methoxy groups -OCH3 is 1. The van der Waals surface area contributed by atoms with E-state index in [9.17, 15) is 14.0 Å². The molecule has 1 fully saturated rings. The van der Waals surface area contributed by atoms with Crippen molar-refractivity contribution in [3.8, 4) is 0 Å². The van der Waals surface area contributed by atoms with Gasteiger partial charge < -0.3 is 19.9 Å². The lowest BCUT2D eigenvalue weighted by Crippen LogP contribution is -2.55. The molecule has 2 aromatic rings. The SMILES string of the molecule is COC(=O)[C@H](Cc1ccccc1)NC(=O)N1CCN(c2ccc(F)cc2)CC1. The highest BCUT2D eigenvalue weighted by atomic mass is 19.1. The number of piperazine rings is 1. The molecule has 1 heterocycles. The summed E-state index contributed by atoms with van der Waals surface area (Å²) >= 11 is 0. The van der Waals surface area contributed by atoms with Gasteiger partial charge in [-0.05, 0) is 29.8 Å². The van der Waals surface area contributed by atoms with E-state index in [2.05, 4.69) is 10.2 Å². The van der Waals surface area contributed by atoms with E-state index >= 15 is 0 Å². The number of rotatable bonds is 5. The molecule has 2 amide bonds. The minimum atomic E-state index is -0.741. The molecule has 1 N–H and O–H groups in total. The summed E-state index contributed by atoms with van der Waals surface area (Å²) in [5, 5.41) is 2.79. The Morgan fingerprint density at radius 1 is 1.04 bits per heavy atom. The fourth-order valence-corrected chi connectivity index (χ4v) is 3.25. The van der Waals surface area contributed by atoms with Gasteiger partial charge in [-0.15, -0.1) is 0 Å². The molecule has 0 aliphatic carbocycles. The second-order valence-corrected chi connectivity index (χ2v) is 6.67. The number of benzene rings is 2. The van der Waals surface area contributed by atoms with E-state index < -0.39 is 12.0 Å². The molecule has 1 atom stereocenters. The van der Waals surface area contributed by atoms with Gasteiger partial charge in [0.15, 0.2) is 0 Å². The highest BCUT2D eigenvalue weighted by Crippen LogP contribution is 2.17. The summed E-state index contributed by atoms with van der Waals surface area (Å²) in [6.07, 6.45) is 0.370. The van der Waals surface area contributed by atoms with Crippen LogP contribution < -0.4 is 10.2 Å². The number of amides is 2. The Labute approximate surface area is 163 Å². The molecule has 2 aromatic carbocycles. The summed E-state index contributed by atoms with van der Waals surface area (Å²) in [6.45, 7) is 2.31. The minimum absolute atomic E-state index is 0.269. The number of hydrogen-bond donors (Lipinski definition) is 1. The third-order valence-electron chi connectivity index (χ3n) is 4.82. The summed E-state index contributed by atoms with van der Waals surface area (Å²) < 4.78 is 17.9. The van der Waals surface area contributed by atoms with Crippen molar-refractivity contribution in [2.75, 3.05) is 38.2 Å². The monoisotopic (exact) mass is 385 g/mol. The number of carbonyl (C=O) groups excluding carboxylic acids is 2.